The van der Waals surface area contributed by atoms with Gasteiger partial charge in [0.1, 0.15) is 11.2 Å². The highest BCUT2D eigenvalue weighted by atomic mass is 16.6. The fraction of sp³-hybridized carbons (Fsp3) is 0.500. The maximum atomic E-state index is 14.1. The first-order valence-electron chi connectivity index (χ1n) is 16.2. The maximum Gasteiger partial charge on any atom is 0.419 e. The summed E-state index contributed by atoms with van der Waals surface area (Å²) < 4.78 is 13.5. The topological polar surface area (TPSA) is 97.2 Å². The van der Waals surface area contributed by atoms with E-state index in [0.29, 0.717) is 30.9 Å². The largest absolute Gasteiger partial charge is 0.444 e. The van der Waals surface area contributed by atoms with Crippen molar-refractivity contribution in [3.05, 3.63) is 60.4 Å². The van der Waals surface area contributed by atoms with E-state index in [-0.39, 0.29) is 24.1 Å². The summed E-state index contributed by atoms with van der Waals surface area (Å²) >= 11 is 0. The monoisotopic (exact) mass is 629 g/mol. The van der Waals surface area contributed by atoms with Crippen LogP contribution in [-0.2, 0) is 20.7 Å². The normalized spacial score (nSPS) is 17.3. The summed E-state index contributed by atoms with van der Waals surface area (Å²) in [5, 5.41) is 4.77. The number of rotatable bonds is 4. The van der Waals surface area contributed by atoms with Crippen LogP contribution in [0.4, 0.5) is 26.7 Å². The number of amides is 3. The molecule has 1 fully saturated rings. The number of likely N-dealkylation sites (tertiary alicyclic amines) is 1. The third kappa shape index (κ3) is 7.21. The number of fused-ring (bicyclic) bond motifs is 1. The van der Waals surface area contributed by atoms with Crippen molar-refractivity contribution in [3.63, 3.8) is 0 Å². The Labute approximate surface area is 272 Å². The minimum absolute atomic E-state index is 0.0321. The number of piperidine rings is 1. The lowest BCUT2D eigenvalue weighted by molar-refractivity contribution is -0.117. The molecular formula is C36H47N5O5. The van der Waals surface area contributed by atoms with Crippen LogP contribution in [0.25, 0.3) is 11.1 Å². The molecule has 3 amide bonds. The molecule has 0 saturated carbocycles. The Hall–Kier alpha value is -4.34. The van der Waals surface area contributed by atoms with E-state index in [2.05, 4.69) is 6.92 Å². The number of ether oxygens (including phenoxy) is 2. The van der Waals surface area contributed by atoms with Crippen molar-refractivity contribution in [2.75, 3.05) is 22.9 Å². The van der Waals surface area contributed by atoms with E-state index in [4.69, 9.17) is 14.6 Å². The second-order valence-corrected chi connectivity index (χ2v) is 14.3. The summed E-state index contributed by atoms with van der Waals surface area (Å²) in [6.07, 6.45) is 6.01. The van der Waals surface area contributed by atoms with Crippen LogP contribution < -0.4 is 9.80 Å². The van der Waals surface area contributed by atoms with Gasteiger partial charge < -0.3 is 19.3 Å². The second kappa shape index (κ2) is 12.8. The van der Waals surface area contributed by atoms with E-state index in [1.165, 1.54) is 0 Å². The van der Waals surface area contributed by atoms with Crippen molar-refractivity contribution >= 4 is 35.2 Å². The van der Waals surface area contributed by atoms with Gasteiger partial charge >= 0.3 is 12.2 Å². The van der Waals surface area contributed by atoms with E-state index in [9.17, 15) is 14.4 Å². The fourth-order valence-electron chi connectivity index (χ4n) is 6.31. The molecule has 2 aliphatic heterocycles. The van der Waals surface area contributed by atoms with E-state index >= 15 is 0 Å². The third-order valence-electron chi connectivity index (χ3n) is 8.33. The van der Waals surface area contributed by atoms with Crippen molar-refractivity contribution in [1.82, 2.24) is 14.7 Å². The average molecular weight is 630 g/mol. The third-order valence-corrected chi connectivity index (χ3v) is 8.33. The van der Waals surface area contributed by atoms with Gasteiger partial charge in [-0.3, -0.25) is 9.48 Å². The molecular weight excluding hydrogens is 582 g/mol. The van der Waals surface area contributed by atoms with Crippen molar-refractivity contribution < 1.29 is 23.9 Å². The zero-order chi connectivity index (χ0) is 33.4. The molecule has 1 aromatic heterocycles. The molecule has 1 saturated heterocycles. The van der Waals surface area contributed by atoms with Gasteiger partial charge in [-0.1, -0.05) is 24.3 Å². The highest BCUT2D eigenvalue weighted by Crippen LogP contribution is 2.46. The van der Waals surface area contributed by atoms with E-state index in [0.717, 1.165) is 41.6 Å². The lowest BCUT2D eigenvalue weighted by Crippen LogP contribution is -2.42. The van der Waals surface area contributed by atoms with Gasteiger partial charge in [-0.05, 0) is 92.3 Å². The van der Waals surface area contributed by atoms with Crippen LogP contribution in [-0.4, -0.2) is 63.1 Å². The zero-order valence-corrected chi connectivity index (χ0v) is 28.4. The molecule has 1 unspecified atom stereocenters. The van der Waals surface area contributed by atoms with Gasteiger partial charge in [0.2, 0.25) is 5.91 Å². The molecule has 3 aromatic rings. The van der Waals surface area contributed by atoms with E-state index in [1.54, 1.807) is 16.7 Å². The van der Waals surface area contributed by atoms with Gasteiger partial charge in [0.05, 0.1) is 23.6 Å². The Morgan fingerprint density at radius 1 is 0.891 bits per heavy atom. The van der Waals surface area contributed by atoms with E-state index < -0.39 is 17.3 Å². The Balaban J connectivity index is 1.56. The lowest BCUT2D eigenvalue weighted by atomic mass is 9.90. The summed E-state index contributed by atoms with van der Waals surface area (Å²) in [6, 6.07) is 13.6. The molecule has 0 spiro atoms. The van der Waals surface area contributed by atoms with Crippen LogP contribution in [0.1, 0.15) is 86.3 Å². The van der Waals surface area contributed by atoms with E-state index in [1.807, 2.05) is 106 Å². The van der Waals surface area contributed by atoms with Gasteiger partial charge in [-0.15, -0.1) is 0 Å². The molecule has 46 heavy (non-hydrogen) atoms. The summed E-state index contributed by atoms with van der Waals surface area (Å²) in [5.74, 6) is -0.0405. The molecule has 0 radical (unpaired) electrons. The van der Waals surface area contributed by atoms with Crippen LogP contribution in [0.2, 0.25) is 0 Å². The summed E-state index contributed by atoms with van der Waals surface area (Å²) in [7, 11) is 0. The fourth-order valence-corrected chi connectivity index (χ4v) is 6.31. The summed E-state index contributed by atoms with van der Waals surface area (Å²) in [5.41, 5.74) is 3.49. The predicted molar refractivity (Wildman–Crippen MR) is 179 cm³/mol. The molecule has 10 nitrogen and oxygen atoms in total. The Bertz CT molecular complexity index is 1580. The van der Waals surface area contributed by atoms with Crippen molar-refractivity contribution in [1.29, 1.82) is 0 Å². The summed E-state index contributed by atoms with van der Waals surface area (Å²) in [6.45, 7) is 16.0. The van der Waals surface area contributed by atoms with Gasteiger partial charge in [0, 0.05) is 54.6 Å². The van der Waals surface area contributed by atoms with Crippen LogP contribution in [0.5, 0.6) is 0 Å². The highest BCUT2D eigenvalue weighted by Gasteiger charge is 2.35. The highest BCUT2D eigenvalue weighted by molar-refractivity contribution is 6.05. The molecule has 1 atom stereocenters. The lowest BCUT2D eigenvalue weighted by Gasteiger charge is -2.38. The molecule has 2 aromatic carbocycles. The van der Waals surface area contributed by atoms with Crippen LogP contribution >= 0.6 is 0 Å². The van der Waals surface area contributed by atoms with Crippen LogP contribution in [0.3, 0.4) is 0 Å². The molecule has 0 N–H and O–H groups in total. The van der Waals surface area contributed by atoms with Gasteiger partial charge in [-0.2, -0.15) is 5.10 Å². The number of carbonyl (C=O) groups excluding carboxylic acids is 3. The zero-order valence-electron chi connectivity index (χ0n) is 28.4. The smallest absolute Gasteiger partial charge is 0.419 e. The second-order valence-electron chi connectivity index (χ2n) is 14.3. The molecule has 0 bridgehead atoms. The number of aromatic nitrogens is 2. The van der Waals surface area contributed by atoms with Crippen LogP contribution in [0.15, 0.2) is 54.9 Å². The first-order valence-corrected chi connectivity index (χ1v) is 16.2. The molecule has 10 heteroatoms. The van der Waals surface area contributed by atoms with Crippen LogP contribution in [0, 0.1) is 0 Å². The number of carbonyl (C=O) groups is 3. The minimum Gasteiger partial charge on any atom is -0.444 e. The SMILES string of the molecule is CC(=O)N1c2ccc(-c3cnn(C4CCN(C(=O)OC(C)(C)C)CC4)c3)c(N(C(=O)OC(C)(C)C)c3ccccc3)c2CCC1C. The quantitative estimate of drug-likeness (QED) is 0.291. The maximum absolute atomic E-state index is 14.1. The minimum atomic E-state index is -0.724. The first-order chi connectivity index (χ1) is 21.6. The van der Waals surface area contributed by atoms with Gasteiger partial charge in [0.15, 0.2) is 0 Å². The Kier molecular flexibility index (Phi) is 9.20. The molecule has 3 heterocycles. The molecule has 2 aliphatic rings. The van der Waals surface area contributed by atoms with Crippen molar-refractivity contribution in [3.8, 4) is 11.1 Å². The first kappa shape index (κ1) is 33.0. The predicted octanol–water partition coefficient (Wildman–Crippen LogP) is 7.88. The molecule has 0 aliphatic carbocycles. The van der Waals surface area contributed by atoms with Gasteiger partial charge in [0.25, 0.3) is 0 Å². The summed E-state index contributed by atoms with van der Waals surface area (Å²) in [4.78, 5) is 44.8. The number of hydrogen-bond acceptors (Lipinski definition) is 6. The van der Waals surface area contributed by atoms with Gasteiger partial charge in [-0.25, -0.2) is 14.5 Å². The number of hydrogen-bond donors (Lipinski definition) is 0. The van der Waals surface area contributed by atoms with Crippen molar-refractivity contribution in [2.24, 2.45) is 0 Å². The number of para-hydroxylation sites is 1. The standard InChI is InChI=1S/C36H47N5O5/c1-24-14-15-30-31(40(24)25(2)42)17-16-29(32(30)41(28-12-10-9-11-13-28)34(44)46-36(6,7)8)26-22-37-39(23-26)27-18-20-38(21-19-27)33(43)45-35(3,4)5/h9-13,16-17,22-24,27H,14-15,18-21H2,1-8H3. The molecule has 246 valence electrons. The number of benzene rings is 2. The Morgan fingerprint density at radius 3 is 2.15 bits per heavy atom. The number of nitrogens with zero attached hydrogens (tertiary/aromatic N) is 5. The Morgan fingerprint density at radius 2 is 1.54 bits per heavy atom. The average Bonchev–Trinajstić information content (AvgIpc) is 3.46. The van der Waals surface area contributed by atoms with Crippen molar-refractivity contribution in [2.45, 2.75) is 104 Å². The number of anilines is 3. The molecule has 5 rings (SSSR count).